The van der Waals surface area contributed by atoms with E-state index >= 15 is 0 Å². The van der Waals surface area contributed by atoms with Crippen molar-refractivity contribution in [1.29, 1.82) is 0 Å². The second-order valence-corrected chi connectivity index (χ2v) is 6.76. The number of aromatic nitrogens is 1. The Hall–Kier alpha value is -2.89. The van der Waals surface area contributed by atoms with Crippen LogP contribution in [-0.4, -0.2) is 29.9 Å². The van der Waals surface area contributed by atoms with Crippen molar-refractivity contribution in [2.24, 2.45) is 5.92 Å². The maximum absolute atomic E-state index is 12.2. The summed E-state index contributed by atoms with van der Waals surface area (Å²) < 4.78 is 5.91. The fourth-order valence-electron chi connectivity index (χ4n) is 3.19. The highest BCUT2D eigenvalue weighted by molar-refractivity contribution is 5.99. The van der Waals surface area contributed by atoms with Gasteiger partial charge in [0, 0.05) is 11.8 Å². The number of ether oxygens (including phenoxy) is 1. The zero-order chi connectivity index (χ0) is 18.9. The Bertz CT molecular complexity index is 758. The Balaban J connectivity index is 1.50. The smallest absolute Gasteiger partial charge is 0.251 e. The van der Waals surface area contributed by atoms with Gasteiger partial charge in [0.2, 0.25) is 5.91 Å². The third-order valence-electron chi connectivity index (χ3n) is 4.67. The molecule has 3 rings (SSSR count). The number of hydrogen-bond acceptors (Lipinski definition) is 4. The fraction of sp³-hybridized carbons (Fsp3) is 0.381. The van der Waals surface area contributed by atoms with Crippen LogP contribution in [0.4, 0.5) is 5.82 Å². The molecular formula is C21H25N3O3. The summed E-state index contributed by atoms with van der Waals surface area (Å²) in [7, 11) is 0. The maximum Gasteiger partial charge on any atom is 0.251 e. The molecule has 1 heterocycles. The second kappa shape index (κ2) is 9.71. The van der Waals surface area contributed by atoms with Crippen molar-refractivity contribution in [3.63, 3.8) is 0 Å². The van der Waals surface area contributed by atoms with Crippen LogP contribution >= 0.6 is 0 Å². The molecule has 2 N–H and O–H groups in total. The van der Waals surface area contributed by atoms with Gasteiger partial charge in [-0.1, -0.05) is 37.5 Å². The molecule has 6 nitrogen and oxygen atoms in total. The van der Waals surface area contributed by atoms with Gasteiger partial charge in [-0.3, -0.25) is 9.59 Å². The molecule has 2 aromatic rings. The van der Waals surface area contributed by atoms with Gasteiger partial charge in [-0.05, 0) is 43.0 Å². The van der Waals surface area contributed by atoms with E-state index in [1.54, 1.807) is 42.6 Å². The summed E-state index contributed by atoms with van der Waals surface area (Å²) in [6.07, 6.45) is 7.80. The Morgan fingerprint density at radius 1 is 1.04 bits per heavy atom. The SMILES string of the molecule is O=C(CNC(=O)c1ccccc1)Nc1ncccc1OCC1CCCCC1. The van der Waals surface area contributed by atoms with Crippen LogP contribution < -0.4 is 15.4 Å². The van der Waals surface area contributed by atoms with Gasteiger partial charge in [-0.2, -0.15) is 0 Å². The fourth-order valence-corrected chi connectivity index (χ4v) is 3.19. The molecule has 142 valence electrons. The van der Waals surface area contributed by atoms with E-state index in [0.717, 1.165) is 0 Å². The Morgan fingerprint density at radius 2 is 1.81 bits per heavy atom. The molecule has 1 saturated carbocycles. The lowest BCUT2D eigenvalue weighted by atomic mass is 9.90. The highest BCUT2D eigenvalue weighted by atomic mass is 16.5. The first kappa shape index (κ1) is 18.9. The van der Waals surface area contributed by atoms with Crippen molar-refractivity contribution >= 4 is 17.6 Å². The normalized spacial score (nSPS) is 14.4. The third-order valence-corrected chi connectivity index (χ3v) is 4.67. The molecule has 1 aliphatic carbocycles. The van der Waals surface area contributed by atoms with Crippen LogP contribution in [0.5, 0.6) is 5.75 Å². The molecule has 0 unspecified atom stereocenters. The molecule has 0 spiro atoms. The number of amides is 2. The standard InChI is InChI=1S/C21H25N3O3/c25-19(14-23-21(26)17-10-5-2-6-11-17)24-20-18(12-7-13-22-20)27-15-16-8-3-1-4-9-16/h2,5-7,10-13,16H,1,3-4,8-9,14-15H2,(H,23,26)(H,22,24,25). The molecule has 1 aromatic heterocycles. The van der Waals surface area contributed by atoms with Crippen molar-refractivity contribution in [2.75, 3.05) is 18.5 Å². The minimum Gasteiger partial charge on any atom is -0.489 e. The minimum absolute atomic E-state index is 0.133. The average molecular weight is 367 g/mol. The molecule has 0 bridgehead atoms. The molecule has 1 aromatic carbocycles. The molecule has 0 atom stereocenters. The van der Waals surface area contributed by atoms with Crippen LogP contribution in [-0.2, 0) is 4.79 Å². The van der Waals surface area contributed by atoms with Gasteiger partial charge in [-0.15, -0.1) is 0 Å². The van der Waals surface area contributed by atoms with E-state index in [2.05, 4.69) is 15.6 Å². The largest absolute Gasteiger partial charge is 0.489 e. The number of pyridine rings is 1. The predicted molar refractivity (Wildman–Crippen MR) is 104 cm³/mol. The highest BCUT2D eigenvalue weighted by Crippen LogP contribution is 2.26. The van der Waals surface area contributed by atoms with E-state index < -0.39 is 0 Å². The van der Waals surface area contributed by atoms with E-state index in [1.807, 2.05) is 6.07 Å². The van der Waals surface area contributed by atoms with Crippen molar-refractivity contribution < 1.29 is 14.3 Å². The number of benzene rings is 1. The molecule has 1 fully saturated rings. The van der Waals surface area contributed by atoms with Crippen LogP contribution in [0.2, 0.25) is 0 Å². The van der Waals surface area contributed by atoms with Gasteiger partial charge in [0.1, 0.15) is 0 Å². The molecule has 6 heteroatoms. The number of nitrogens with zero attached hydrogens (tertiary/aromatic N) is 1. The van der Waals surface area contributed by atoms with Gasteiger partial charge in [0.05, 0.1) is 13.2 Å². The Labute approximate surface area is 159 Å². The molecule has 0 saturated heterocycles. The zero-order valence-electron chi connectivity index (χ0n) is 15.3. The first-order valence-corrected chi connectivity index (χ1v) is 9.43. The summed E-state index contributed by atoms with van der Waals surface area (Å²) in [5.41, 5.74) is 0.514. The summed E-state index contributed by atoms with van der Waals surface area (Å²) >= 11 is 0. The summed E-state index contributed by atoms with van der Waals surface area (Å²) in [5.74, 6) is 0.867. The third kappa shape index (κ3) is 5.81. The summed E-state index contributed by atoms with van der Waals surface area (Å²) in [6.45, 7) is 0.506. The van der Waals surface area contributed by atoms with Gasteiger partial charge < -0.3 is 15.4 Å². The maximum atomic E-state index is 12.2. The molecular weight excluding hydrogens is 342 g/mol. The molecule has 2 amide bonds. The Kier molecular flexibility index (Phi) is 6.79. The van der Waals surface area contributed by atoms with Crippen molar-refractivity contribution in [2.45, 2.75) is 32.1 Å². The van der Waals surface area contributed by atoms with Crippen molar-refractivity contribution in [3.05, 3.63) is 54.2 Å². The zero-order valence-corrected chi connectivity index (χ0v) is 15.3. The van der Waals surface area contributed by atoms with Crippen LogP contribution in [0, 0.1) is 5.92 Å². The number of hydrogen-bond donors (Lipinski definition) is 2. The van der Waals surface area contributed by atoms with E-state index in [-0.39, 0.29) is 18.4 Å². The average Bonchev–Trinajstić information content (AvgIpc) is 2.73. The van der Waals surface area contributed by atoms with E-state index in [1.165, 1.54) is 32.1 Å². The quantitative estimate of drug-likeness (QED) is 0.786. The summed E-state index contributed by atoms with van der Waals surface area (Å²) in [4.78, 5) is 28.4. The molecule has 27 heavy (non-hydrogen) atoms. The van der Waals surface area contributed by atoms with E-state index in [0.29, 0.717) is 29.7 Å². The number of carbonyl (C=O) groups excluding carboxylic acids is 2. The Morgan fingerprint density at radius 3 is 2.59 bits per heavy atom. The van der Waals surface area contributed by atoms with Gasteiger partial charge >= 0.3 is 0 Å². The highest BCUT2D eigenvalue weighted by Gasteiger charge is 2.16. The van der Waals surface area contributed by atoms with Crippen LogP contribution in [0.15, 0.2) is 48.7 Å². The number of anilines is 1. The van der Waals surface area contributed by atoms with Crippen molar-refractivity contribution in [1.82, 2.24) is 10.3 Å². The van der Waals surface area contributed by atoms with Crippen LogP contribution in [0.1, 0.15) is 42.5 Å². The van der Waals surface area contributed by atoms with E-state index in [4.69, 9.17) is 4.74 Å². The molecule has 0 aliphatic heterocycles. The predicted octanol–water partition coefficient (Wildman–Crippen LogP) is 3.41. The lowest BCUT2D eigenvalue weighted by Crippen LogP contribution is -2.33. The summed E-state index contributed by atoms with van der Waals surface area (Å²) in [6, 6.07) is 12.4. The first-order valence-electron chi connectivity index (χ1n) is 9.43. The number of nitrogens with one attached hydrogen (secondary N) is 2. The van der Waals surface area contributed by atoms with E-state index in [9.17, 15) is 9.59 Å². The topological polar surface area (TPSA) is 80.3 Å². The minimum atomic E-state index is -0.347. The monoisotopic (exact) mass is 367 g/mol. The van der Waals surface area contributed by atoms with Gasteiger partial charge in [0.15, 0.2) is 11.6 Å². The second-order valence-electron chi connectivity index (χ2n) is 6.76. The number of rotatable bonds is 7. The van der Waals surface area contributed by atoms with Crippen LogP contribution in [0.25, 0.3) is 0 Å². The summed E-state index contributed by atoms with van der Waals surface area (Å²) in [5, 5.41) is 5.32. The molecule has 1 aliphatic rings. The molecule has 0 radical (unpaired) electrons. The van der Waals surface area contributed by atoms with Crippen molar-refractivity contribution in [3.8, 4) is 5.75 Å². The lowest BCUT2D eigenvalue weighted by molar-refractivity contribution is -0.115. The number of carbonyl (C=O) groups is 2. The van der Waals surface area contributed by atoms with Gasteiger partial charge in [0.25, 0.3) is 5.91 Å². The van der Waals surface area contributed by atoms with Crippen LogP contribution in [0.3, 0.4) is 0 Å². The van der Waals surface area contributed by atoms with Gasteiger partial charge in [-0.25, -0.2) is 4.98 Å². The first-order chi connectivity index (χ1) is 13.2. The lowest BCUT2D eigenvalue weighted by Gasteiger charge is -2.22.